The van der Waals surface area contributed by atoms with Crippen LogP contribution in [-0.4, -0.2) is 32.0 Å². The summed E-state index contributed by atoms with van der Waals surface area (Å²) in [6.07, 6.45) is 1.30. The highest BCUT2D eigenvalue weighted by atomic mass is 31.2. The van der Waals surface area contributed by atoms with Crippen molar-refractivity contribution in [2.45, 2.75) is 32.1 Å². The number of hydrogen-bond donors (Lipinski definition) is 3. The number of aromatic amines is 1. The molecule has 0 saturated carbocycles. The summed E-state index contributed by atoms with van der Waals surface area (Å²) in [4.78, 5) is 42.3. The topological polar surface area (TPSA) is 131 Å². The SMILES string of the molecule is Cc1cn([C@H]2CC[C@H](COP(=O)(O)O)O2)c(=O)[nH]c1=O. The lowest BCUT2D eigenvalue weighted by Gasteiger charge is -2.16. The molecule has 1 aliphatic heterocycles. The zero-order chi connectivity index (χ0) is 14.9. The first-order chi connectivity index (χ1) is 9.26. The predicted molar refractivity (Wildman–Crippen MR) is 67.2 cm³/mol. The van der Waals surface area contributed by atoms with E-state index in [4.69, 9.17) is 14.5 Å². The van der Waals surface area contributed by atoms with Crippen molar-refractivity contribution in [1.29, 1.82) is 0 Å². The Balaban J connectivity index is 2.06. The van der Waals surface area contributed by atoms with E-state index >= 15 is 0 Å². The first kappa shape index (κ1) is 15.1. The van der Waals surface area contributed by atoms with Crippen molar-refractivity contribution >= 4 is 7.82 Å². The number of aromatic nitrogens is 2. The fourth-order valence-electron chi connectivity index (χ4n) is 1.99. The van der Waals surface area contributed by atoms with Gasteiger partial charge in [-0.3, -0.25) is 18.9 Å². The lowest BCUT2D eigenvalue weighted by Crippen LogP contribution is -2.33. The fraction of sp³-hybridized carbons (Fsp3) is 0.600. The Kier molecular flexibility index (Phi) is 4.26. The molecule has 1 aromatic heterocycles. The van der Waals surface area contributed by atoms with Crippen molar-refractivity contribution in [3.63, 3.8) is 0 Å². The van der Waals surface area contributed by atoms with Gasteiger partial charge < -0.3 is 14.5 Å². The van der Waals surface area contributed by atoms with Crippen molar-refractivity contribution in [2.24, 2.45) is 0 Å². The minimum absolute atomic E-state index is 0.252. The first-order valence-corrected chi connectivity index (χ1v) is 7.47. The Morgan fingerprint density at radius 2 is 2.20 bits per heavy atom. The second-order valence-electron chi connectivity index (χ2n) is 4.56. The molecule has 0 radical (unpaired) electrons. The summed E-state index contributed by atoms with van der Waals surface area (Å²) in [7, 11) is -4.53. The maximum Gasteiger partial charge on any atom is 0.469 e. The molecule has 112 valence electrons. The van der Waals surface area contributed by atoms with Gasteiger partial charge in [0.2, 0.25) is 0 Å². The van der Waals surface area contributed by atoms with E-state index in [2.05, 4.69) is 9.51 Å². The Morgan fingerprint density at radius 3 is 2.85 bits per heavy atom. The van der Waals surface area contributed by atoms with E-state index in [1.807, 2.05) is 0 Å². The predicted octanol–water partition coefficient (Wildman–Crippen LogP) is -0.368. The Hall–Kier alpha value is -1.25. The summed E-state index contributed by atoms with van der Waals surface area (Å²) in [5.74, 6) is 0. The van der Waals surface area contributed by atoms with Gasteiger partial charge in [-0.2, -0.15) is 0 Å². The van der Waals surface area contributed by atoms with Crippen LogP contribution in [0, 0.1) is 6.92 Å². The van der Waals surface area contributed by atoms with E-state index in [-0.39, 0.29) is 6.61 Å². The van der Waals surface area contributed by atoms with Crippen molar-refractivity contribution in [3.8, 4) is 0 Å². The third-order valence-electron chi connectivity index (χ3n) is 2.97. The van der Waals surface area contributed by atoms with Crippen LogP contribution >= 0.6 is 7.82 Å². The molecular weight excluding hydrogens is 291 g/mol. The first-order valence-electron chi connectivity index (χ1n) is 5.94. The van der Waals surface area contributed by atoms with Crippen molar-refractivity contribution < 1.29 is 23.6 Å². The van der Waals surface area contributed by atoms with Crippen LogP contribution in [0.25, 0.3) is 0 Å². The van der Waals surface area contributed by atoms with Gasteiger partial charge in [-0.15, -0.1) is 0 Å². The molecule has 2 rings (SSSR count). The lowest BCUT2D eigenvalue weighted by atomic mass is 10.2. The van der Waals surface area contributed by atoms with Gasteiger partial charge in [-0.1, -0.05) is 0 Å². The summed E-state index contributed by atoms with van der Waals surface area (Å²) >= 11 is 0. The van der Waals surface area contributed by atoms with Gasteiger partial charge in [-0.05, 0) is 19.8 Å². The summed E-state index contributed by atoms with van der Waals surface area (Å²) in [5, 5.41) is 0. The van der Waals surface area contributed by atoms with E-state index in [1.54, 1.807) is 6.92 Å². The third-order valence-corrected chi connectivity index (χ3v) is 3.46. The minimum atomic E-state index is -4.53. The molecule has 2 atom stereocenters. The molecule has 20 heavy (non-hydrogen) atoms. The van der Waals surface area contributed by atoms with Crippen LogP contribution < -0.4 is 11.2 Å². The number of ether oxygens (including phenoxy) is 1. The second-order valence-corrected chi connectivity index (χ2v) is 5.79. The molecule has 1 aliphatic rings. The van der Waals surface area contributed by atoms with Crippen molar-refractivity contribution in [2.75, 3.05) is 6.61 Å². The van der Waals surface area contributed by atoms with E-state index in [1.165, 1.54) is 10.8 Å². The summed E-state index contributed by atoms with van der Waals surface area (Å²) in [5.41, 5.74) is -0.657. The average Bonchev–Trinajstić information content (AvgIpc) is 2.79. The van der Waals surface area contributed by atoms with Gasteiger partial charge in [0.1, 0.15) is 6.23 Å². The number of phosphoric ester groups is 1. The van der Waals surface area contributed by atoms with Gasteiger partial charge in [0.15, 0.2) is 0 Å². The Morgan fingerprint density at radius 1 is 1.50 bits per heavy atom. The highest BCUT2D eigenvalue weighted by molar-refractivity contribution is 7.46. The molecule has 2 heterocycles. The van der Waals surface area contributed by atoms with Crippen LogP contribution in [-0.2, 0) is 13.8 Å². The van der Waals surface area contributed by atoms with Gasteiger partial charge in [0, 0.05) is 11.8 Å². The summed E-state index contributed by atoms with van der Waals surface area (Å²) < 4.78 is 21.7. The van der Waals surface area contributed by atoms with Gasteiger partial charge in [-0.25, -0.2) is 9.36 Å². The molecule has 0 aliphatic carbocycles. The third kappa shape index (κ3) is 3.65. The average molecular weight is 306 g/mol. The highest BCUT2D eigenvalue weighted by Crippen LogP contribution is 2.37. The van der Waals surface area contributed by atoms with Crippen LogP contribution in [0.5, 0.6) is 0 Å². The number of aryl methyl sites for hydroxylation is 1. The Labute approximate surface area is 113 Å². The Bertz CT molecular complexity index is 646. The molecule has 9 nitrogen and oxygen atoms in total. The molecule has 0 aromatic carbocycles. The van der Waals surface area contributed by atoms with Crippen LogP contribution in [0.4, 0.5) is 0 Å². The van der Waals surface area contributed by atoms with Gasteiger partial charge >= 0.3 is 13.5 Å². The van der Waals surface area contributed by atoms with E-state index < -0.39 is 31.4 Å². The molecule has 1 fully saturated rings. The summed E-state index contributed by atoms with van der Waals surface area (Å²) in [6, 6.07) is 0. The van der Waals surface area contributed by atoms with E-state index in [0.717, 1.165) is 0 Å². The molecular formula is C10H15N2O7P. The van der Waals surface area contributed by atoms with Gasteiger partial charge in [0.05, 0.1) is 12.7 Å². The summed E-state index contributed by atoms with van der Waals surface area (Å²) in [6.45, 7) is 1.32. The van der Waals surface area contributed by atoms with Crippen LogP contribution in [0.2, 0.25) is 0 Å². The number of H-pyrrole nitrogens is 1. The largest absolute Gasteiger partial charge is 0.469 e. The minimum Gasteiger partial charge on any atom is -0.352 e. The number of phosphoric acid groups is 1. The monoisotopic (exact) mass is 306 g/mol. The number of nitrogens with one attached hydrogen (secondary N) is 1. The molecule has 1 saturated heterocycles. The van der Waals surface area contributed by atoms with Crippen LogP contribution in [0.3, 0.4) is 0 Å². The zero-order valence-electron chi connectivity index (χ0n) is 10.7. The fourth-order valence-corrected chi connectivity index (χ4v) is 2.35. The van der Waals surface area contributed by atoms with E-state index in [9.17, 15) is 14.2 Å². The van der Waals surface area contributed by atoms with Crippen LogP contribution in [0.1, 0.15) is 24.6 Å². The smallest absolute Gasteiger partial charge is 0.352 e. The molecule has 0 spiro atoms. The van der Waals surface area contributed by atoms with Crippen molar-refractivity contribution in [3.05, 3.63) is 32.6 Å². The standard InChI is InChI=1S/C10H15N2O7P/c1-6-4-12(10(14)11-9(6)13)8-3-2-7(19-8)5-18-20(15,16)17/h4,7-8H,2-3,5H2,1H3,(H,11,13,14)(H2,15,16,17)/t7-,8-/m1/s1. The maximum atomic E-state index is 11.7. The quantitative estimate of drug-likeness (QED) is 0.647. The number of nitrogens with zero attached hydrogens (tertiary/aromatic N) is 1. The molecule has 0 unspecified atom stereocenters. The molecule has 0 amide bonds. The molecule has 1 aromatic rings. The zero-order valence-corrected chi connectivity index (χ0v) is 11.6. The highest BCUT2D eigenvalue weighted by Gasteiger charge is 2.29. The number of rotatable bonds is 4. The number of hydrogen-bond acceptors (Lipinski definition) is 5. The second kappa shape index (κ2) is 5.63. The van der Waals surface area contributed by atoms with Gasteiger partial charge in [0.25, 0.3) is 5.56 Å². The normalized spacial score (nSPS) is 23.1. The van der Waals surface area contributed by atoms with Crippen LogP contribution in [0.15, 0.2) is 15.8 Å². The maximum absolute atomic E-state index is 11.7. The van der Waals surface area contributed by atoms with Crippen molar-refractivity contribution in [1.82, 2.24) is 9.55 Å². The lowest BCUT2D eigenvalue weighted by molar-refractivity contribution is -0.0244. The van der Waals surface area contributed by atoms with E-state index in [0.29, 0.717) is 18.4 Å². The molecule has 10 heteroatoms. The molecule has 3 N–H and O–H groups in total. The molecule has 0 bridgehead atoms.